The van der Waals surface area contributed by atoms with Gasteiger partial charge in [-0.15, -0.1) is 0 Å². The molecule has 0 aliphatic heterocycles. The van der Waals surface area contributed by atoms with E-state index in [-0.39, 0.29) is 6.10 Å². The molecule has 7 nitrogen and oxygen atoms in total. The maximum absolute atomic E-state index is 12.9. The largest absolute Gasteiger partial charge is 0.486 e. The van der Waals surface area contributed by atoms with Gasteiger partial charge in [-0.25, -0.2) is 9.78 Å². The smallest absolute Gasteiger partial charge is 0.339 e. The molecule has 3 rings (SSSR count). The molecule has 7 heteroatoms. The lowest BCUT2D eigenvalue weighted by molar-refractivity contribution is 0.0600. The topological polar surface area (TPSA) is 86.8 Å². The van der Waals surface area contributed by atoms with Crippen molar-refractivity contribution >= 4 is 17.7 Å². The first-order valence-electron chi connectivity index (χ1n) is 9.80. The van der Waals surface area contributed by atoms with Gasteiger partial charge in [0.2, 0.25) is 0 Å². The van der Waals surface area contributed by atoms with Crippen LogP contribution in [0.5, 0.6) is 11.5 Å². The van der Waals surface area contributed by atoms with Crippen molar-refractivity contribution in [2.45, 2.75) is 26.6 Å². The molecule has 0 aliphatic carbocycles. The van der Waals surface area contributed by atoms with Crippen molar-refractivity contribution in [1.29, 1.82) is 0 Å². The molecular weight excluding hydrogens is 396 g/mol. The number of amides is 1. The Bertz CT molecular complexity index is 1030. The summed E-state index contributed by atoms with van der Waals surface area (Å²) in [6, 6.07) is 17.9. The van der Waals surface area contributed by atoms with E-state index in [0.717, 1.165) is 5.56 Å². The molecule has 0 spiro atoms. The van der Waals surface area contributed by atoms with Gasteiger partial charge >= 0.3 is 5.97 Å². The van der Waals surface area contributed by atoms with Gasteiger partial charge in [-0.3, -0.25) is 4.79 Å². The summed E-state index contributed by atoms with van der Waals surface area (Å²) in [5, 5.41) is 2.72. The van der Waals surface area contributed by atoms with E-state index in [1.807, 2.05) is 44.2 Å². The third-order valence-electron chi connectivity index (χ3n) is 4.24. The molecule has 0 saturated carbocycles. The van der Waals surface area contributed by atoms with Gasteiger partial charge < -0.3 is 19.5 Å². The van der Waals surface area contributed by atoms with Gasteiger partial charge in [0.15, 0.2) is 11.5 Å². The first-order chi connectivity index (χ1) is 15.0. The van der Waals surface area contributed by atoms with Crippen molar-refractivity contribution in [3.05, 3.63) is 83.6 Å². The Morgan fingerprint density at radius 2 is 1.77 bits per heavy atom. The zero-order chi connectivity index (χ0) is 22.2. The zero-order valence-electron chi connectivity index (χ0n) is 17.6. The van der Waals surface area contributed by atoms with Crippen molar-refractivity contribution in [2.75, 3.05) is 12.4 Å². The molecule has 0 aliphatic rings. The van der Waals surface area contributed by atoms with Gasteiger partial charge in [0.25, 0.3) is 5.91 Å². The van der Waals surface area contributed by atoms with E-state index >= 15 is 0 Å². The van der Waals surface area contributed by atoms with E-state index in [2.05, 4.69) is 15.0 Å². The van der Waals surface area contributed by atoms with Gasteiger partial charge in [0.1, 0.15) is 12.4 Å². The number of esters is 1. The number of aromatic nitrogens is 1. The quantitative estimate of drug-likeness (QED) is 0.541. The van der Waals surface area contributed by atoms with Gasteiger partial charge in [0, 0.05) is 6.20 Å². The van der Waals surface area contributed by atoms with E-state index in [1.54, 1.807) is 18.2 Å². The second-order valence-corrected chi connectivity index (χ2v) is 6.95. The molecule has 1 heterocycles. The van der Waals surface area contributed by atoms with Crippen LogP contribution in [0.25, 0.3) is 0 Å². The van der Waals surface area contributed by atoms with Gasteiger partial charge in [0.05, 0.1) is 24.3 Å². The summed E-state index contributed by atoms with van der Waals surface area (Å²) in [6.07, 6.45) is 1.18. The number of carbonyl (C=O) groups excluding carboxylic acids is 2. The van der Waals surface area contributed by atoms with Crippen molar-refractivity contribution in [3.8, 4) is 11.5 Å². The second kappa shape index (κ2) is 10.2. The Balaban J connectivity index is 1.81. The van der Waals surface area contributed by atoms with E-state index < -0.39 is 11.9 Å². The Morgan fingerprint density at radius 1 is 1.00 bits per heavy atom. The lowest BCUT2D eigenvalue weighted by Gasteiger charge is -2.18. The normalized spacial score (nSPS) is 10.5. The fraction of sp³-hybridized carbons (Fsp3) is 0.208. The van der Waals surface area contributed by atoms with Crippen LogP contribution in [-0.4, -0.2) is 30.1 Å². The molecule has 0 saturated heterocycles. The number of ether oxygens (including phenoxy) is 3. The molecule has 1 N–H and O–H groups in total. The summed E-state index contributed by atoms with van der Waals surface area (Å²) in [7, 11) is 1.29. The fourth-order valence-corrected chi connectivity index (χ4v) is 2.79. The number of para-hydroxylation sites is 1. The average molecular weight is 420 g/mol. The molecular formula is C24H24N2O5. The minimum atomic E-state index is -0.499. The number of nitrogens with zero attached hydrogens (tertiary/aromatic N) is 1. The Kier molecular flexibility index (Phi) is 7.22. The molecule has 0 fully saturated rings. The van der Waals surface area contributed by atoms with E-state index in [1.165, 1.54) is 25.4 Å². The minimum absolute atomic E-state index is 0.162. The van der Waals surface area contributed by atoms with Crippen LogP contribution in [-0.2, 0) is 11.3 Å². The predicted molar refractivity (Wildman–Crippen MR) is 117 cm³/mol. The zero-order valence-corrected chi connectivity index (χ0v) is 17.6. The standard InChI is InChI=1S/C24H24N2O5/c1-16(2)31-22-19(10-7-11-20(22)30-15-17-8-5-4-6-9-17)23(27)26-21-13-12-18(14-25-21)24(28)29-3/h4-14,16H,15H2,1-3H3,(H,25,26,27). The third-order valence-corrected chi connectivity index (χ3v) is 4.24. The molecule has 31 heavy (non-hydrogen) atoms. The Labute approximate surface area is 181 Å². The number of methoxy groups -OCH3 is 1. The number of benzene rings is 2. The lowest BCUT2D eigenvalue weighted by Crippen LogP contribution is -2.17. The molecule has 0 atom stereocenters. The fourth-order valence-electron chi connectivity index (χ4n) is 2.79. The molecule has 0 unspecified atom stereocenters. The Hall–Kier alpha value is -3.87. The first-order valence-corrected chi connectivity index (χ1v) is 9.80. The van der Waals surface area contributed by atoms with Crippen LogP contribution in [0.3, 0.4) is 0 Å². The third kappa shape index (κ3) is 5.82. The van der Waals surface area contributed by atoms with Crippen LogP contribution < -0.4 is 14.8 Å². The van der Waals surface area contributed by atoms with Crippen LogP contribution >= 0.6 is 0 Å². The maximum atomic E-state index is 12.9. The van der Waals surface area contributed by atoms with E-state index in [4.69, 9.17) is 9.47 Å². The summed E-state index contributed by atoms with van der Waals surface area (Å²) in [4.78, 5) is 28.6. The second-order valence-electron chi connectivity index (χ2n) is 6.95. The van der Waals surface area contributed by atoms with Crippen LogP contribution in [0.15, 0.2) is 66.9 Å². The van der Waals surface area contributed by atoms with Crippen molar-refractivity contribution < 1.29 is 23.8 Å². The highest BCUT2D eigenvalue weighted by Gasteiger charge is 2.19. The van der Waals surface area contributed by atoms with E-state index in [9.17, 15) is 9.59 Å². The van der Waals surface area contributed by atoms with E-state index in [0.29, 0.717) is 35.1 Å². The van der Waals surface area contributed by atoms with Crippen LogP contribution in [0.2, 0.25) is 0 Å². The summed E-state index contributed by atoms with van der Waals surface area (Å²) < 4.78 is 16.5. The molecule has 1 aromatic heterocycles. The monoisotopic (exact) mass is 420 g/mol. The summed E-state index contributed by atoms with van der Waals surface area (Å²) in [6.45, 7) is 4.10. The number of hydrogen-bond acceptors (Lipinski definition) is 6. The van der Waals surface area contributed by atoms with Crippen molar-refractivity contribution in [1.82, 2.24) is 4.98 Å². The maximum Gasteiger partial charge on any atom is 0.339 e. The number of pyridine rings is 1. The number of hydrogen-bond donors (Lipinski definition) is 1. The average Bonchev–Trinajstić information content (AvgIpc) is 2.78. The summed E-state index contributed by atoms with van der Waals surface area (Å²) in [5.74, 6) is 0.223. The SMILES string of the molecule is COC(=O)c1ccc(NC(=O)c2cccc(OCc3ccccc3)c2OC(C)C)nc1. The molecule has 1 amide bonds. The van der Waals surface area contributed by atoms with Crippen molar-refractivity contribution in [3.63, 3.8) is 0 Å². The first kappa shape index (κ1) is 21.8. The summed E-state index contributed by atoms with van der Waals surface area (Å²) >= 11 is 0. The number of rotatable bonds is 8. The number of nitrogens with one attached hydrogen (secondary N) is 1. The van der Waals surface area contributed by atoms with Crippen LogP contribution in [0.1, 0.15) is 40.1 Å². The predicted octanol–water partition coefficient (Wildman–Crippen LogP) is 4.49. The van der Waals surface area contributed by atoms with Gasteiger partial charge in [-0.05, 0) is 43.7 Å². The minimum Gasteiger partial charge on any atom is -0.486 e. The highest BCUT2D eigenvalue weighted by molar-refractivity contribution is 6.06. The number of carbonyl (C=O) groups is 2. The number of anilines is 1. The molecule has 0 bridgehead atoms. The van der Waals surface area contributed by atoms with Gasteiger partial charge in [-0.1, -0.05) is 36.4 Å². The summed E-state index contributed by atoms with van der Waals surface area (Å²) in [5.41, 5.74) is 1.61. The molecule has 160 valence electrons. The highest BCUT2D eigenvalue weighted by Crippen LogP contribution is 2.33. The molecule has 2 aromatic carbocycles. The van der Waals surface area contributed by atoms with Gasteiger partial charge in [-0.2, -0.15) is 0 Å². The molecule has 3 aromatic rings. The molecule has 0 radical (unpaired) electrons. The highest BCUT2D eigenvalue weighted by atomic mass is 16.5. The van der Waals surface area contributed by atoms with Crippen molar-refractivity contribution in [2.24, 2.45) is 0 Å². The Morgan fingerprint density at radius 3 is 2.42 bits per heavy atom. The lowest BCUT2D eigenvalue weighted by atomic mass is 10.1. The van der Waals surface area contributed by atoms with Crippen LogP contribution in [0, 0.1) is 0 Å². The van der Waals surface area contributed by atoms with Crippen LogP contribution in [0.4, 0.5) is 5.82 Å².